The van der Waals surface area contributed by atoms with Crippen molar-refractivity contribution in [2.24, 2.45) is 0 Å². The second-order valence-corrected chi connectivity index (χ2v) is 6.47. The van der Waals surface area contributed by atoms with Crippen molar-refractivity contribution < 1.29 is 0 Å². The van der Waals surface area contributed by atoms with E-state index in [1.807, 2.05) is 16.8 Å². The molecule has 1 unspecified atom stereocenters. The molecular weight excluding hydrogens is 272 g/mol. The van der Waals surface area contributed by atoms with Crippen molar-refractivity contribution in [1.82, 2.24) is 10.3 Å². The molecule has 0 radical (unpaired) electrons. The van der Waals surface area contributed by atoms with Gasteiger partial charge in [-0.1, -0.05) is 18.2 Å². The predicted octanol–water partition coefficient (Wildman–Crippen LogP) is 4.52. The van der Waals surface area contributed by atoms with Crippen LogP contribution in [0.4, 0.5) is 0 Å². The third-order valence-corrected chi connectivity index (χ3v) is 5.44. The largest absolute Gasteiger partial charge is 0.304 e. The van der Waals surface area contributed by atoms with Crippen molar-refractivity contribution in [3.05, 3.63) is 51.3 Å². The number of thiazole rings is 1. The van der Waals surface area contributed by atoms with Gasteiger partial charge in [-0.3, -0.25) is 0 Å². The molecule has 2 aromatic heterocycles. The first-order valence-electron chi connectivity index (χ1n) is 6.34. The van der Waals surface area contributed by atoms with Crippen LogP contribution in [0.2, 0.25) is 0 Å². The predicted molar refractivity (Wildman–Crippen MR) is 83.9 cm³/mol. The Hall–Kier alpha value is -1.23. The van der Waals surface area contributed by atoms with Gasteiger partial charge >= 0.3 is 0 Å². The number of fused-ring (bicyclic) bond motifs is 1. The van der Waals surface area contributed by atoms with Crippen LogP contribution in [0.3, 0.4) is 0 Å². The molecule has 4 heteroatoms. The van der Waals surface area contributed by atoms with Gasteiger partial charge in [-0.2, -0.15) is 0 Å². The summed E-state index contributed by atoms with van der Waals surface area (Å²) in [6, 6.07) is 8.98. The highest BCUT2D eigenvalue weighted by atomic mass is 32.1. The summed E-state index contributed by atoms with van der Waals surface area (Å²) in [5, 5.41) is 7.03. The number of nitrogens with zero attached hydrogens (tertiary/aromatic N) is 1. The third-order valence-electron chi connectivity index (χ3n) is 3.35. The first-order chi connectivity index (χ1) is 9.25. The average Bonchev–Trinajstić information content (AvgIpc) is 3.05. The highest BCUT2D eigenvalue weighted by molar-refractivity contribution is 7.19. The zero-order valence-corrected chi connectivity index (χ0v) is 12.6. The van der Waals surface area contributed by atoms with Crippen LogP contribution in [-0.4, -0.2) is 4.98 Å². The zero-order chi connectivity index (χ0) is 13.2. The maximum Gasteiger partial charge on any atom is 0.0795 e. The second kappa shape index (κ2) is 5.41. The highest BCUT2D eigenvalue weighted by Crippen LogP contribution is 2.34. The minimum absolute atomic E-state index is 0.360. The van der Waals surface area contributed by atoms with Crippen molar-refractivity contribution in [3.8, 4) is 0 Å². The number of aromatic nitrogens is 1. The van der Waals surface area contributed by atoms with Crippen LogP contribution in [0.5, 0.6) is 0 Å². The van der Waals surface area contributed by atoms with Gasteiger partial charge in [-0.05, 0) is 30.9 Å². The van der Waals surface area contributed by atoms with Crippen LogP contribution in [0.1, 0.15) is 29.1 Å². The maximum absolute atomic E-state index is 4.31. The van der Waals surface area contributed by atoms with Crippen LogP contribution in [0, 0.1) is 6.92 Å². The smallest absolute Gasteiger partial charge is 0.0795 e. The van der Waals surface area contributed by atoms with Gasteiger partial charge < -0.3 is 5.32 Å². The van der Waals surface area contributed by atoms with Crippen LogP contribution in [-0.2, 0) is 6.54 Å². The molecule has 3 aromatic rings. The first kappa shape index (κ1) is 12.8. The summed E-state index contributed by atoms with van der Waals surface area (Å²) in [5.41, 5.74) is 4.40. The van der Waals surface area contributed by atoms with E-state index >= 15 is 0 Å². The van der Waals surface area contributed by atoms with E-state index < -0.39 is 0 Å². The summed E-state index contributed by atoms with van der Waals surface area (Å²) in [7, 11) is 0. The highest BCUT2D eigenvalue weighted by Gasteiger charge is 2.14. The molecule has 3 rings (SSSR count). The van der Waals surface area contributed by atoms with E-state index in [9.17, 15) is 0 Å². The van der Waals surface area contributed by atoms with Gasteiger partial charge in [0.25, 0.3) is 0 Å². The summed E-state index contributed by atoms with van der Waals surface area (Å²) in [6.45, 7) is 5.28. The van der Waals surface area contributed by atoms with Gasteiger partial charge in [0.2, 0.25) is 0 Å². The van der Waals surface area contributed by atoms with Crippen molar-refractivity contribution in [2.45, 2.75) is 26.4 Å². The van der Waals surface area contributed by atoms with E-state index in [4.69, 9.17) is 0 Å². The van der Waals surface area contributed by atoms with Gasteiger partial charge in [0.1, 0.15) is 0 Å². The average molecular weight is 288 g/mol. The number of nitrogens with one attached hydrogen (secondary N) is 1. The molecule has 1 N–H and O–H groups in total. The number of aryl methyl sites for hydroxylation is 1. The normalized spacial score (nSPS) is 12.9. The SMILES string of the molecule is Cc1c(C(C)NCc2cscn2)sc2ccccc12. The molecule has 0 aliphatic carbocycles. The number of hydrogen-bond acceptors (Lipinski definition) is 4. The van der Waals surface area contributed by atoms with Crippen molar-refractivity contribution in [2.75, 3.05) is 0 Å². The standard InChI is InChI=1S/C15H16N2S2/c1-10-13-5-3-4-6-14(13)19-15(10)11(2)16-7-12-8-18-9-17-12/h3-6,8-9,11,16H,7H2,1-2H3. The maximum atomic E-state index is 4.31. The van der Waals surface area contributed by atoms with Gasteiger partial charge in [0.05, 0.1) is 11.2 Å². The molecule has 0 amide bonds. The molecule has 0 saturated carbocycles. The van der Waals surface area contributed by atoms with Crippen LogP contribution < -0.4 is 5.32 Å². The summed E-state index contributed by atoms with van der Waals surface area (Å²) < 4.78 is 1.37. The number of rotatable bonds is 4. The molecule has 0 aliphatic heterocycles. The lowest BCUT2D eigenvalue weighted by atomic mass is 10.1. The van der Waals surface area contributed by atoms with Crippen molar-refractivity contribution in [1.29, 1.82) is 0 Å². The van der Waals surface area contributed by atoms with E-state index in [-0.39, 0.29) is 0 Å². The Kier molecular flexibility index (Phi) is 3.64. The van der Waals surface area contributed by atoms with E-state index in [0.29, 0.717) is 6.04 Å². The summed E-state index contributed by atoms with van der Waals surface area (Å²) in [5.74, 6) is 0. The Morgan fingerprint density at radius 2 is 2.16 bits per heavy atom. The van der Waals surface area contributed by atoms with Crippen molar-refractivity contribution in [3.63, 3.8) is 0 Å². The minimum atomic E-state index is 0.360. The van der Waals surface area contributed by atoms with Crippen LogP contribution in [0.15, 0.2) is 35.2 Å². The fourth-order valence-corrected chi connectivity index (χ4v) is 4.08. The van der Waals surface area contributed by atoms with E-state index in [1.54, 1.807) is 11.3 Å². The lowest BCUT2D eigenvalue weighted by Gasteiger charge is -2.12. The van der Waals surface area contributed by atoms with Crippen LogP contribution >= 0.6 is 22.7 Å². The molecule has 1 aromatic carbocycles. The molecule has 2 heterocycles. The fraction of sp³-hybridized carbons (Fsp3) is 0.267. The second-order valence-electron chi connectivity index (χ2n) is 4.67. The topological polar surface area (TPSA) is 24.9 Å². The number of thiophene rings is 1. The monoisotopic (exact) mass is 288 g/mol. The van der Waals surface area contributed by atoms with Gasteiger partial charge in [0, 0.05) is 27.5 Å². The Labute approximate surface area is 121 Å². The molecule has 0 aliphatic rings. The van der Waals surface area contributed by atoms with Gasteiger partial charge in [-0.15, -0.1) is 22.7 Å². The third kappa shape index (κ3) is 2.56. The van der Waals surface area contributed by atoms with Crippen LogP contribution in [0.25, 0.3) is 10.1 Å². The quantitative estimate of drug-likeness (QED) is 0.763. The Morgan fingerprint density at radius 1 is 1.32 bits per heavy atom. The Balaban J connectivity index is 1.81. The van der Waals surface area contributed by atoms with Crippen molar-refractivity contribution >= 4 is 32.8 Å². The molecule has 19 heavy (non-hydrogen) atoms. The zero-order valence-electron chi connectivity index (χ0n) is 11.0. The molecule has 0 bridgehead atoms. The molecule has 0 saturated heterocycles. The lowest BCUT2D eigenvalue weighted by Crippen LogP contribution is -2.17. The Bertz CT molecular complexity index is 671. The van der Waals surface area contributed by atoms with Gasteiger partial charge in [-0.25, -0.2) is 4.98 Å². The molecule has 2 nitrogen and oxygen atoms in total. The van der Waals surface area contributed by atoms with E-state index in [0.717, 1.165) is 12.2 Å². The minimum Gasteiger partial charge on any atom is -0.304 e. The molecular formula is C15H16N2S2. The molecule has 0 fully saturated rings. The lowest BCUT2D eigenvalue weighted by molar-refractivity contribution is 0.575. The number of benzene rings is 1. The first-order valence-corrected chi connectivity index (χ1v) is 8.10. The molecule has 98 valence electrons. The van der Waals surface area contributed by atoms with E-state index in [1.165, 1.54) is 20.5 Å². The number of hydrogen-bond donors (Lipinski definition) is 1. The summed E-state index contributed by atoms with van der Waals surface area (Å²) >= 11 is 3.53. The van der Waals surface area contributed by atoms with E-state index in [2.05, 4.69) is 53.8 Å². The summed E-state index contributed by atoms with van der Waals surface area (Å²) in [4.78, 5) is 5.73. The fourth-order valence-electron chi connectivity index (χ4n) is 2.28. The molecule has 0 spiro atoms. The van der Waals surface area contributed by atoms with Gasteiger partial charge in [0.15, 0.2) is 0 Å². The Morgan fingerprint density at radius 3 is 2.89 bits per heavy atom. The molecule has 1 atom stereocenters. The summed E-state index contributed by atoms with van der Waals surface area (Å²) in [6.07, 6.45) is 0.